The van der Waals surface area contributed by atoms with Crippen LogP contribution in [-0.2, 0) is 13.0 Å². The molecular weight excluding hydrogens is 330 g/mol. The highest BCUT2D eigenvalue weighted by Gasteiger charge is 2.14. The summed E-state index contributed by atoms with van der Waals surface area (Å²) in [4.78, 5) is 5.78. The van der Waals surface area contributed by atoms with Crippen molar-refractivity contribution in [1.29, 1.82) is 0 Å². The van der Waals surface area contributed by atoms with Crippen LogP contribution in [0.3, 0.4) is 0 Å². The molecule has 0 aliphatic rings. The fraction of sp³-hybridized carbons (Fsp3) is 0.267. The molecule has 2 nitrogen and oxygen atoms in total. The second-order valence-electron chi connectivity index (χ2n) is 4.83. The van der Waals surface area contributed by atoms with Gasteiger partial charge in [0.05, 0.1) is 22.6 Å². The molecule has 2 aromatic heterocycles. The van der Waals surface area contributed by atoms with Gasteiger partial charge in [-0.2, -0.15) is 0 Å². The molecule has 0 bridgehead atoms. The fourth-order valence-corrected chi connectivity index (χ4v) is 3.55. The van der Waals surface area contributed by atoms with Gasteiger partial charge in [0, 0.05) is 23.2 Å². The van der Waals surface area contributed by atoms with Gasteiger partial charge in [0.25, 0.3) is 0 Å². The average Bonchev–Trinajstić information content (AvgIpc) is 2.98. The molecule has 3 aromatic rings. The molecule has 0 fully saturated rings. The summed E-state index contributed by atoms with van der Waals surface area (Å²) in [5.41, 5.74) is 2.69. The minimum atomic E-state index is -0.425. The van der Waals surface area contributed by atoms with E-state index in [-0.39, 0.29) is 5.02 Å². The zero-order valence-corrected chi connectivity index (χ0v) is 13.7. The van der Waals surface area contributed by atoms with Gasteiger partial charge >= 0.3 is 0 Å². The monoisotopic (exact) mass is 342 g/mol. The van der Waals surface area contributed by atoms with Crippen molar-refractivity contribution in [3.05, 3.63) is 50.7 Å². The van der Waals surface area contributed by atoms with Gasteiger partial charge in [-0.25, -0.2) is 9.37 Å². The molecule has 1 aromatic carbocycles. The summed E-state index contributed by atoms with van der Waals surface area (Å²) >= 11 is 13.4. The molecule has 110 valence electrons. The standard InChI is InChI=1S/C15H13Cl2FN2S/c1-9-3-5-21-14(9)8-20-13-7-11(18)10(17)6-12(13)19-15(20)2-4-16/h3,5-7H,2,4,8H2,1H3. The molecule has 0 N–H and O–H groups in total. The van der Waals surface area contributed by atoms with E-state index >= 15 is 0 Å². The molecule has 6 heteroatoms. The second kappa shape index (κ2) is 5.95. The second-order valence-corrected chi connectivity index (χ2v) is 6.62. The van der Waals surface area contributed by atoms with E-state index in [4.69, 9.17) is 23.2 Å². The molecule has 0 saturated heterocycles. The first kappa shape index (κ1) is 14.8. The SMILES string of the molecule is Cc1ccsc1Cn1c(CCCl)nc2cc(Cl)c(F)cc21. The number of hydrogen-bond acceptors (Lipinski definition) is 2. The predicted octanol–water partition coefficient (Wildman–Crippen LogP) is 5.03. The first-order valence-corrected chi connectivity index (χ1v) is 8.32. The molecule has 3 rings (SSSR count). The molecule has 0 atom stereocenters. The van der Waals surface area contributed by atoms with Crippen molar-refractivity contribution in [2.24, 2.45) is 0 Å². The number of aryl methyl sites for hydroxylation is 2. The van der Waals surface area contributed by atoms with Crippen LogP contribution in [0.25, 0.3) is 11.0 Å². The summed E-state index contributed by atoms with van der Waals surface area (Å²) in [7, 11) is 0. The van der Waals surface area contributed by atoms with Crippen LogP contribution in [0.15, 0.2) is 23.6 Å². The first-order valence-electron chi connectivity index (χ1n) is 6.53. The Hall–Kier alpha value is -1.10. The summed E-state index contributed by atoms with van der Waals surface area (Å²) in [6, 6.07) is 5.10. The molecular formula is C15H13Cl2FN2S. The van der Waals surface area contributed by atoms with Crippen LogP contribution in [0.2, 0.25) is 5.02 Å². The third-order valence-electron chi connectivity index (χ3n) is 3.46. The van der Waals surface area contributed by atoms with Crippen LogP contribution < -0.4 is 0 Å². The Bertz CT molecular complexity index is 794. The van der Waals surface area contributed by atoms with Crippen molar-refractivity contribution in [2.45, 2.75) is 19.9 Å². The third kappa shape index (κ3) is 2.80. The summed E-state index contributed by atoms with van der Waals surface area (Å²) in [6.45, 7) is 2.75. The quantitative estimate of drug-likeness (QED) is 0.608. The van der Waals surface area contributed by atoms with Crippen molar-refractivity contribution >= 4 is 45.6 Å². The third-order valence-corrected chi connectivity index (χ3v) is 4.94. The van der Waals surface area contributed by atoms with Crippen LogP contribution in [0.5, 0.6) is 0 Å². The predicted molar refractivity (Wildman–Crippen MR) is 87.3 cm³/mol. The minimum Gasteiger partial charge on any atom is -0.323 e. The van der Waals surface area contributed by atoms with Gasteiger partial charge in [-0.05, 0) is 30.0 Å². The van der Waals surface area contributed by atoms with E-state index in [1.54, 1.807) is 17.4 Å². The van der Waals surface area contributed by atoms with Gasteiger partial charge in [0.15, 0.2) is 0 Å². The van der Waals surface area contributed by atoms with E-state index in [1.165, 1.54) is 16.5 Å². The molecule has 2 heterocycles. The van der Waals surface area contributed by atoms with Crippen LogP contribution >= 0.6 is 34.5 Å². The van der Waals surface area contributed by atoms with E-state index in [0.29, 0.717) is 24.4 Å². The number of thiophene rings is 1. The fourth-order valence-electron chi connectivity index (χ4n) is 2.33. The van der Waals surface area contributed by atoms with E-state index in [9.17, 15) is 4.39 Å². The van der Waals surface area contributed by atoms with Gasteiger partial charge in [0.2, 0.25) is 0 Å². The highest BCUT2D eigenvalue weighted by atomic mass is 35.5. The van der Waals surface area contributed by atoms with Crippen molar-refractivity contribution in [1.82, 2.24) is 9.55 Å². The van der Waals surface area contributed by atoms with E-state index in [2.05, 4.69) is 23.4 Å². The lowest BCUT2D eigenvalue weighted by molar-refractivity contribution is 0.628. The normalized spacial score (nSPS) is 11.4. The lowest BCUT2D eigenvalue weighted by atomic mass is 10.2. The first-order chi connectivity index (χ1) is 10.1. The van der Waals surface area contributed by atoms with Crippen LogP contribution in [-0.4, -0.2) is 15.4 Å². The zero-order chi connectivity index (χ0) is 15.0. The molecule has 21 heavy (non-hydrogen) atoms. The molecule has 0 radical (unpaired) electrons. The van der Waals surface area contributed by atoms with Crippen LogP contribution in [0.1, 0.15) is 16.3 Å². The number of aromatic nitrogens is 2. The van der Waals surface area contributed by atoms with Gasteiger partial charge in [-0.3, -0.25) is 0 Å². The Morgan fingerprint density at radius 1 is 1.38 bits per heavy atom. The molecule has 0 amide bonds. The van der Waals surface area contributed by atoms with Gasteiger partial charge in [0.1, 0.15) is 11.6 Å². The smallest absolute Gasteiger partial charge is 0.144 e. The number of fused-ring (bicyclic) bond motifs is 1. The highest BCUT2D eigenvalue weighted by molar-refractivity contribution is 7.10. The summed E-state index contributed by atoms with van der Waals surface area (Å²) in [6.07, 6.45) is 0.639. The maximum atomic E-state index is 13.8. The minimum absolute atomic E-state index is 0.0943. The van der Waals surface area contributed by atoms with Gasteiger partial charge < -0.3 is 4.57 Å². The van der Waals surface area contributed by atoms with Crippen molar-refractivity contribution in [2.75, 3.05) is 5.88 Å². The molecule has 0 unspecified atom stereocenters. The largest absolute Gasteiger partial charge is 0.323 e. The number of benzene rings is 1. The Morgan fingerprint density at radius 2 is 2.19 bits per heavy atom. The number of rotatable bonds is 4. The van der Waals surface area contributed by atoms with Crippen molar-refractivity contribution in [3.8, 4) is 0 Å². The van der Waals surface area contributed by atoms with Gasteiger partial charge in [-0.15, -0.1) is 22.9 Å². The number of alkyl halides is 1. The van der Waals surface area contributed by atoms with Gasteiger partial charge in [-0.1, -0.05) is 11.6 Å². The number of halogens is 3. The lowest BCUT2D eigenvalue weighted by Gasteiger charge is -2.08. The zero-order valence-electron chi connectivity index (χ0n) is 11.4. The van der Waals surface area contributed by atoms with E-state index in [1.807, 2.05) is 4.57 Å². The molecule has 0 aliphatic heterocycles. The number of imidazole rings is 1. The Labute approximate surface area is 136 Å². The lowest BCUT2D eigenvalue weighted by Crippen LogP contribution is -2.05. The highest BCUT2D eigenvalue weighted by Crippen LogP contribution is 2.26. The Balaban J connectivity index is 2.15. The summed E-state index contributed by atoms with van der Waals surface area (Å²) in [5.74, 6) is 0.906. The molecule has 0 saturated carbocycles. The molecule has 0 aliphatic carbocycles. The maximum absolute atomic E-state index is 13.8. The van der Waals surface area contributed by atoms with E-state index in [0.717, 1.165) is 11.3 Å². The van der Waals surface area contributed by atoms with Crippen molar-refractivity contribution in [3.63, 3.8) is 0 Å². The maximum Gasteiger partial charge on any atom is 0.144 e. The van der Waals surface area contributed by atoms with E-state index < -0.39 is 5.82 Å². The Kier molecular flexibility index (Phi) is 4.20. The van der Waals surface area contributed by atoms with Crippen LogP contribution in [0.4, 0.5) is 4.39 Å². The average molecular weight is 343 g/mol. The molecule has 0 spiro atoms. The van der Waals surface area contributed by atoms with Crippen molar-refractivity contribution < 1.29 is 4.39 Å². The number of nitrogens with zero attached hydrogens (tertiary/aromatic N) is 2. The number of hydrogen-bond donors (Lipinski definition) is 0. The summed E-state index contributed by atoms with van der Waals surface area (Å²) < 4.78 is 15.8. The summed E-state index contributed by atoms with van der Waals surface area (Å²) in [5, 5.41) is 2.15. The topological polar surface area (TPSA) is 17.8 Å². The van der Waals surface area contributed by atoms with Crippen LogP contribution in [0, 0.1) is 12.7 Å². The Morgan fingerprint density at radius 3 is 2.86 bits per heavy atom.